The molecule has 0 spiro atoms. The van der Waals surface area contributed by atoms with Crippen molar-refractivity contribution in [2.24, 2.45) is 0 Å². The quantitative estimate of drug-likeness (QED) is 0.339. The Kier molecular flexibility index (Phi) is 7.56. The number of hydrogen-bond donors (Lipinski definition) is 3. The van der Waals surface area contributed by atoms with E-state index in [9.17, 15) is 19.2 Å². The second kappa shape index (κ2) is 11.0. The van der Waals surface area contributed by atoms with Crippen LogP contribution in [0.1, 0.15) is 60.1 Å². The summed E-state index contributed by atoms with van der Waals surface area (Å²) in [6.45, 7) is 1.55. The Labute approximate surface area is 197 Å². The van der Waals surface area contributed by atoms with E-state index in [1.165, 1.54) is 4.90 Å². The third-order valence-corrected chi connectivity index (χ3v) is 6.07. The second-order valence-corrected chi connectivity index (χ2v) is 8.59. The number of aromatic amines is 1. The summed E-state index contributed by atoms with van der Waals surface area (Å²) < 4.78 is 5.85. The van der Waals surface area contributed by atoms with E-state index in [0.29, 0.717) is 43.9 Å². The lowest BCUT2D eigenvalue weighted by Gasteiger charge is -2.29. The Hall–Kier alpha value is -3.69. The first kappa shape index (κ1) is 23.5. The van der Waals surface area contributed by atoms with Gasteiger partial charge in [0.2, 0.25) is 17.7 Å². The summed E-state index contributed by atoms with van der Waals surface area (Å²) in [5, 5.41) is 11.8. The minimum Gasteiger partial charge on any atom is -0.494 e. The van der Waals surface area contributed by atoms with Gasteiger partial charge in [-0.05, 0) is 49.1 Å². The first-order chi connectivity index (χ1) is 16.5. The molecule has 0 aliphatic carbocycles. The zero-order chi connectivity index (χ0) is 23.9. The molecule has 3 N–H and O–H groups in total. The minimum atomic E-state index is -0.614. The molecule has 2 aliphatic heterocycles. The van der Waals surface area contributed by atoms with Crippen molar-refractivity contribution in [1.29, 1.82) is 0 Å². The predicted molar refractivity (Wildman–Crippen MR) is 122 cm³/mol. The molecule has 10 heteroatoms. The van der Waals surface area contributed by atoms with E-state index >= 15 is 0 Å². The van der Waals surface area contributed by atoms with Crippen LogP contribution in [0.25, 0.3) is 0 Å². The Morgan fingerprint density at radius 2 is 2.00 bits per heavy atom. The van der Waals surface area contributed by atoms with E-state index in [0.717, 1.165) is 36.9 Å². The summed E-state index contributed by atoms with van der Waals surface area (Å²) in [5.41, 5.74) is 2.21. The number of aromatic nitrogens is 2. The van der Waals surface area contributed by atoms with Gasteiger partial charge in [0, 0.05) is 37.0 Å². The largest absolute Gasteiger partial charge is 0.494 e. The van der Waals surface area contributed by atoms with Crippen LogP contribution in [-0.2, 0) is 27.3 Å². The van der Waals surface area contributed by atoms with Crippen molar-refractivity contribution in [3.05, 3.63) is 47.3 Å². The average Bonchev–Trinajstić information content (AvgIpc) is 3.43. The van der Waals surface area contributed by atoms with Gasteiger partial charge in [-0.15, -0.1) is 0 Å². The highest BCUT2D eigenvalue weighted by Crippen LogP contribution is 2.30. The average molecular weight is 468 g/mol. The SMILES string of the molecule is O=C(Cc1ccn[nH]1)NCCCCCCOc1ccc2c(c1)CN(C1CCC(=O)NC1=O)C2=O. The molecular formula is C24H29N5O5. The molecule has 1 atom stereocenters. The molecular weight excluding hydrogens is 438 g/mol. The fourth-order valence-corrected chi connectivity index (χ4v) is 4.26. The summed E-state index contributed by atoms with van der Waals surface area (Å²) in [5.74, 6) is -0.211. The van der Waals surface area contributed by atoms with Gasteiger partial charge in [-0.2, -0.15) is 5.10 Å². The maximum absolute atomic E-state index is 12.7. The lowest BCUT2D eigenvalue weighted by molar-refractivity contribution is -0.137. The molecule has 2 aromatic rings. The number of amides is 4. The van der Waals surface area contributed by atoms with Crippen LogP contribution in [0.15, 0.2) is 30.5 Å². The third-order valence-electron chi connectivity index (χ3n) is 6.07. The maximum atomic E-state index is 12.7. The van der Waals surface area contributed by atoms with Gasteiger partial charge in [0.25, 0.3) is 5.91 Å². The summed E-state index contributed by atoms with van der Waals surface area (Å²) in [4.78, 5) is 49.6. The first-order valence-corrected chi connectivity index (χ1v) is 11.7. The number of fused-ring (bicyclic) bond motifs is 1. The van der Waals surface area contributed by atoms with Gasteiger partial charge in [0.05, 0.1) is 13.0 Å². The van der Waals surface area contributed by atoms with Gasteiger partial charge in [-0.25, -0.2) is 0 Å². The van der Waals surface area contributed by atoms with Crippen molar-refractivity contribution in [2.75, 3.05) is 13.2 Å². The number of benzene rings is 1. The Bertz CT molecular complexity index is 1050. The number of carbonyl (C=O) groups is 4. The van der Waals surface area contributed by atoms with E-state index < -0.39 is 11.9 Å². The topological polar surface area (TPSA) is 133 Å². The Morgan fingerprint density at radius 3 is 2.79 bits per heavy atom. The maximum Gasteiger partial charge on any atom is 0.255 e. The van der Waals surface area contributed by atoms with E-state index in [2.05, 4.69) is 20.8 Å². The van der Waals surface area contributed by atoms with Gasteiger partial charge < -0.3 is 15.0 Å². The van der Waals surface area contributed by atoms with E-state index in [1.54, 1.807) is 24.4 Å². The van der Waals surface area contributed by atoms with Crippen LogP contribution in [0.5, 0.6) is 5.75 Å². The van der Waals surface area contributed by atoms with Crippen molar-refractivity contribution >= 4 is 23.6 Å². The van der Waals surface area contributed by atoms with Gasteiger partial charge in [0.1, 0.15) is 11.8 Å². The van der Waals surface area contributed by atoms with Crippen molar-refractivity contribution in [3.63, 3.8) is 0 Å². The molecule has 1 fully saturated rings. The molecule has 3 heterocycles. The second-order valence-electron chi connectivity index (χ2n) is 8.59. The van der Waals surface area contributed by atoms with E-state index in [4.69, 9.17) is 4.74 Å². The van der Waals surface area contributed by atoms with Crippen molar-refractivity contribution in [1.82, 2.24) is 25.7 Å². The van der Waals surface area contributed by atoms with Crippen LogP contribution in [0.3, 0.4) is 0 Å². The number of hydrogen-bond acceptors (Lipinski definition) is 6. The van der Waals surface area contributed by atoms with Crippen molar-refractivity contribution in [2.45, 2.75) is 57.5 Å². The van der Waals surface area contributed by atoms with Crippen LogP contribution in [-0.4, -0.2) is 57.9 Å². The number of piperidine rings is 1. The zero-order valence-corrected chi connectivity index (χ0v) is 19.0. The molecule has 1 unspecified atom stereocenters. The molecule has 1 saturated heterocycles. The summed E-state index contributed by atoms with van der Waals surface area (Å²) >= 11 is 0. The molecule has 0 radical (unpaired) electrons. The Morgan fingerprint density at radius 1 is 1.15 bits per heavy atom. The predicted octanol–water partition coefficient (Wildman–Crippen LogP) is 1.47. The molecule has 0 bridgehead atoms. The number of unbranched alkanes of at least 4 members (excludes halogenated alkanes) is 3. The fraction of sp³-hybridized carbons (Fsp3) is 0.458. The molecule has 4 rings (SSSR count). The van der Waals surface area contributed by atoms with Gasteiger partial charge in [0.15, 0.2) is 0 Å². The number of imide groups is 1. The first-order valence-electron chi connectivity index (χ1n) is 11.7. The highest BCUT2D eigenvalue weighted by Gasteiger charge is 2.39. The molecule has 0 saturated carbocycles. The van der Waals surface area contributed by atoms with Crippen LogP contribution in [0.4, 0.5) is 0 Å². The van der Waals surface area contributed by atoms with E-state index in [-0.39, 0.29) is 24.1 Å². The summed E-state index contributed by atoms with van der Waals surface area (Å²) in [6, 6.07) is 6.54. The van der Waals surface area contributed by atoms with Crippen LogP contribution < -0.4 is 15.4 Å². The van der Waals surface area contributed by atoms with Gasteiger partial charge >= 0.3 is 0 Å². The number of nitrogens with one attached hydrogen (secondary N) is 3. The lowest BCUT2D eigenvalue weighted by Crippen LogP contribution is -2.52. The summed E-state index contributed by atoms with van der Waals surface area (Å²) in [6.07, 6.45) is 6.31. The number of nitrogens with zero attached hydrogens (tertiary/aromatic N) is 2. The number of carbonyl (C=O) groups excluding carboxylic acids is 4. The van der Waals surface area contributed by atoms with Crippen LogP contribution >= 0.6 is 0 Å². The molecule has 1 aromatic carbocycles. The Balaban J connectivity index is 1.13. The summed E-state index contributed by atoms with van der Waals surface area (Å²) in [7, 11) is 0. The lowest BCUT2D eigenvalue weighted by atomic mass is 10.0. The number of H-pyrrole nitrogens is 1. The van der Waals surface area contributed by atoms with Gasteiger partial charge in [-0.3, -0.25) is 29.6 Å². The normalized spacial score (nSPS) is 17.5. The third kappa shape index (κ3) is 5.81. The number of rotatable bonds is 11. The molecule has 180 valence electrons. The van der Waals surface area contributed by atoms with Gasteiger partial charge in [-0.1, -0.05) is 12.8 Å². The van der Waals surface area contributed by atoms with Crippen molar-refractivity contribution < 1.29 is 23.9 Å². The molecule has 34 heavy (non-hydrogen) atoms. The smallest absolute Gasteiger partial charge is 0.255 e. The molecule has 10 nitrogen and oxygen atoms in total. The van der Waals surface area contributed by atoms with E-state index in [1.807, 2.05) is 6.07 Å². The zero-order valence-electron chi connectivity index (χ0n) is 19.0. The highest BCUT2D eigenvalue weighted by molar-refractivity contribution is 6.05. The van der Waals surface area contributed by atoms with Crippen LogP contribution in [0, 0.1) is 0 Å². The van der Waals surface area contributed by atoms with Crippen molar-refractivity contribution in [3.8, 4) is 5.75 Å². The van der Waals surface area contributed by atoms with Crippen LogP contribution in [0.2, 0.25) is 0 Å². The fourth-order valence-electron chi connectivity index (χ4n) is 4.26. The highest BCUT2D eigenvalue weighted by atomic mass is 16.5. The molecule has 4 amide bonds. The molecule has 1 aromatic heterocycles. The molecule has 2 aliphatic rings. The standard InChI is InChI=1S/C24H29N5O5/c30-21-8-7-20(23(32)27-21)29-15-16-13-18(5-6-19(16)24(29)33)34-12-4-2-1-3-10-25-22(31)14-17-9-11-26-28-17/h5-6,9,11,13,20H,1-4,7-8,10,12,14-15H2,(H,25,31)(H,26,28)(H,27,30,32). The monoisotopic (exact) mass is 467 g/mol. The minimum absolute atomic E-state index is 0.0150. The number of ether oxygens (including phenoxy) is 1.